The number of carbonyl (C=O) groups is 1. The van der Waals surface area contributed by atoms with Crippen LogP contribution in [0.4, 0.5) is 27.7 Å². The van der Waals surface area contributed by atoms with Gasteiger partial charge in [0, 0.05) is 36.8 Å². The molecule has 2 aliphatic rings. The number of hydrogen-bond acceptors (Lipinski definition) is 10. The molecule has 1 amide bonds. The molecule has 14 nitrogen and oxygen atoms in total. The first-order valence-corrected chi connectivity index (χ1v) is 12.2. The van der Waals surface area contributed by atoms with Crippen LogP contribution < -0.4 is 15.5 Å². The summed E-state index contributed by atoms with van der Waals surface area (Å²) in [6, 6.07) is 7.51. The molecule has 1 aliphatic heterocycles. The van der Waals surface area contributed by atoms with Crippen molar-refractivity contribution in [3.8, 4) is 0 Å². The topological polar surface area (TPSA) is 160 Å². The average Bonchev–Trinajstić information content (AvgIpc) is 3.39. The van der Waals surface area contributed by atoms with E-state index in [1.807, 2.05) is 29.3 Å². The van der Waals surface area contributed by atoms with Crippen LogP contribution in [0.3, 0.4) is 0 Å². The molecule has 0 bridgehead atoms. The van der Waals surface area contributed by atoms with E-state index in [1.54, 1.807) is 4.52 Å². The molecule has 15 heteroatoms. The molecule has 1 aliphatic carbocycles. The van der Waals surface area contributed by atoms with Crippen molar-refractivity contribution in [2.75, 3.05) is 22.1 Å². The van der Waals surface area contributed by atoms with Crippen LogP contribution in [0.5, 0.6) is 0 Å². The minimum atomic E-state index is -0.663. The Kier molecular flexibility index (Phi) is 5.19. The Morgan fingerprint density at radius 2 is 2.13 bits per heavy atom. The third kappa shape index (κ3) is 4.16. The molecule has 7 rings (SSSR count). The van der Waals surface area contributed by atoms with E-state index in [-0.39, 0.29) is 11.9 Å². The summed E-state index contributed by atoms with van der Waals surface area (Å²) in [7, 11) is 0. The number of tetrazole rings is 1. The fourth-order valence-corrected chi connectivity index (χ4v) is 4.73. The van der Waals surface area contributed by atoms with Crippen LogP contribution in [0.25, 0.3) is 5.52 Å². The maximum Gasteiger partial charge on any atom is 0.247 e. The molecular formula is C23H22FN13O. The number of nitrogens with zero attached hydrogens (tertiary/aromatic N) is 10. The molecule has 0 unspecified atom stereocenters. The van der Waals surface area contributed by atoms with Crippen molar-refractivity contribution in [3.63, 3.8) is 0 Å². The zero-order valence-electron chi connectivity index (χ0n) is 19.9. The van der Waals surface area contributed by atoms with Gasteiger partial charge in [-0.2, -0.15) is 19.3 Å². The molecule has 2 atom stereocenters. The monoisotopic (exact) mass is 515 g/mol. The van der Waals surface area contributed by atoms with Crippen LogP contribution in [0.1, 0.15) is 36.9 Å². The number of amides is 1. The molecule has 0 spiro atoms. The van der Waals surface area contributed by atoms with Gasteiger partial charge in [0.2, 0.25) is 17.8 Å². The van der Waals surface area contributed by atoms with Crippen LogP contribution in [-0.2, 0) is 4.79 Å². The zero-order chi connectivity index (χ0) is 25.6. The Morgan fingerprint density at radius 1 is 1.21 bits per heavy atom. The van der Waals surface area contributed by atoms with Gasteiger partial charge in [-0.1, -0.05) is 0 Å². The molecule has 38 heavy (non-hydrogen) atoms. The van der Waals surface area contributed by atoms with E-state index in [4.69, 9.17) is 4.98 Å². The minimum Gasteiger partial charge on any atom is -0.325 e. The van der Waals surface area contributed by atoms with Gasteiger partial charge in [-0.25, -0.2) is 9.50 Å². The highest BCUT2D eigenvalue weighted by atomic mass is 19.1. The van der Waals surface area contributed by atoms with Crippen molar-refractivity contribution in [2.24, 2.45) is 0 Å². The minimum absolute atomic E-state index is 0.243. The van der Waals surface area contributed by atoms with Gasteiger partial charge in [0.1, 0.15) is 11.6 Å². The summed E-state index contributed by atoms with van der Waals surface area (Å²) in [5, 5.41) is 30.3. The zero-order valence-corrected chi connectivity index (χ0v) is 19.9. The predicted molar refractivity (Wildman–Crippen MR) is 132 cm³/mol. The summed E-state index contributed by atoms with van der Waals surface area (Å²) in [5.74, 6) is 1.15. The smallest absolute Gasteiger partial charge is 0.247 e. The molecule has 192 valence electrons. The molecular weight excluding hydrogens is 493 g/mol. The van der Waals surface area contributed by atoms with Gasteiger partial charge >= 0.3 is 0 Å². The Bertz CT molecular complexity index is 1590. The second kappa shape index (κ2) is 8.86. The van der Waals surface area contributed by atoms with E-state index < -0.39 is 12.0 Å². The molecule has 5 aromatic heterocycles. The molecule has 1 saturated heterocycles. The number of pyridine rings is 1. The van der Waals surface area contributed by atoms with E-state index in [2.05, 4.69) is 46.3 Å². The second-order valence-corrected chi connectivity index (χ2v) is 9.38. The van der Waals surface area contributed by atoms with Gasteiger partial charge in [-0.3, -0.25) is 9.89 Å². The van der Waals surface area contributed by atoms with Gasteiger partial charge in [-0.15, -0.1) is 15.3 Å². The maximum absolute atomic E-state index is 13.4. The van der Waals surface area contributed by atoms with Gasteiger partial charge in [0.15, 0.2) is 18.0 Å². The Hall–Kier alpha value is -4.95. The number of H-pyrrole nitrogens is 1. The maximum atomic E-state index is 13.4. The molecule has 6 heterocycles. The lowest BCUT2D eigenvalue weighted by atomic mass is 10.1. The molecule has 0 aromatic carbocycles. The van der Waals surface area contributed by atoms with Crippen LogP contribution in [0.15, 0.2) is 49.1 Å². The highest BCUT2D eigenvalue weighted by molar-refractivity contribution is 5.97. The summed E-state index contributed by atoms with van der Waals surface area (Å²) in [5.41, 5.74) is 2.24. The van der Waals surface area contributed by atoms with Crippen molar-refractivity contribution >= 4 is 34.7 Å². The van der Waals surface area contributed by atoms with Gasteiger partial charge in [0.25, 0.3) is 0 Å². The Balaban J connectivity index is 1.22. The Labute approximate surface area is 214 Å². The number of aromatic amines is 1. The van der Waals surface area contributed by atoms with Crippen molar-refractivity contribution in [3.05, 3.63) is 60.7 Å². The van der Waals surface area contributed by atoms with Crippen molar-refractivity contribution in [1.82, 2.24) is 50.0 Å². The van der Waals surface area contributed by atoms with Gasteiger partial charge < -0.3 is 15.5 Å². The molecule has 1 saturated carbocycles. The Morgan fingerprint density at radius 3 is 2.92 bits per heavy atom. The van der Waals surface area contributed by atoms with Gasteiger partial charge in [0.05, 0.1) is 17.9 Å². The fourth-order valence-electron chi connectivity index (χ4n) is 4.73. The van der Waals surface area contributed by atoms with Crippen LogP contribution in [0, 0.1) is 5.95 Å². The van der Waals surface area contributed by atoms with E-state index in [0.717, 1.165) is 24.1 Å². The lowest BCUT2D eigenvalue weighted by molar-refractivity contribution is -0.117. The quantitative estimate of drug-likeness (QED) is 0.274. The number of fused-ring (bicyclic) bond motifs is 1. The lowest BCUT2D eigenvalue weighted by Crippen LogP contribution is -2.41. The highest BCUT2D eigenvalue weighted by Gasteiger charge is 2.40. The number of rotatable bonds is 7. The second-order valence-electron chi connectivity index (χ2n) is 9.38. The van der Waals surface area contributed by atoms with Crippen LogP contribution in [-0.4, -0.2) is 68.5 Å². The fraction of sp³-hybridized carbons (Fsp3) is 0.304. The number of nitrogens with one attached hydrogen (secondary N) is 3. The van der Waals surface area contributed by atoms with Crippen LogP contribution >= 0.6 is 0 Å². The average molecular weight is 516 g/mol. The molecule has 0 radical (unpaired) electrons. The molecule has 5 aromatic rings. The molecule has 3 N–H and O–H groups in total. The van der Waals surface area contributed by atoms with Crippen molar-refractivity contribution < 1.29 is 9.18 Å². The van der Waals surface area contributed by atoms with Crippen LogP contribution in [0.2, 0.25) is 0 Å². The van der Waals surface area contributed by atoms with E-state index in [9.17, 15) is 9.18 Å². The molecule has 2 fully saturated rings. The summed E-state index contributed by atoms with van der Waals surface area (Å²) in [6.45, 7) is 0.372. The largest absolute Gasteiger partial charge is 0.325 e. The number of aromatic nitrogens is 10. The van der Waals surface area contributed by atoms with E-state index in [1.165, 1.54) is 29.5 Å². The van der Waals surface area contributed by atoms with E-state index >= 15 is 0 Å². The SMILES string of the molecule is O=C(Nc1ccc(F)nc1)[C@@H]1C[C@H](n2ncnn2)CN1c1nc(Nc2cc(C3CC3)[nH]n2)c2cccn2n1. The first-order valence-electron chi connectivity index (χ1n) is 12.2. The number of hydrogen-bond donors (Lipinski definition) is 3. The number of carbonyl (C=O) groups excluding carboxylic acids is 1. The summed E-state index contributed by atoms with van der Waals surface area (Å²) >= 11 is 0. The third-order valence-electron chi connectivity index (χ3n) is 6.77. The third-order valence-corrected chi connectivity index (χ3v) is 6.77. The highest BCUT2D eigenvalue weighted by Crippen LogP contribution is 2.40. The number of halogens is 1. The normalized spacial score (nSPS) is 19.2. The summed E-state index contributed by atoms with van der Waals surface area (Å²) in [4.78, 5) is 25.1. The predicted octanol–water partition coefficient (Wildman–Crippen LogP) is 2.05. The first-order chi connectivity index (χ1) is 18.6. The van der Waals surface area contributed by atoms with Crippen molar-refractivity contribution in [2.45, 2.75) is 37.3 Å². The summed E-state index contributed by atoms with van der Waals surface area (Å²) in [6.07, 6.45) is 7.15. The lowest BCUT2D eigenvalue weighted by Gasteiger charge is -2.24. The standard InChI is InChI=1S/C23H22FN13O/c24-19-6-5-14(10-25-19)28-22(38)18-8-15(37-27-12-26-34-37)11-35(18)23-30-21(17-2-1-7-36(17)33-23)29-20-9-16(31-32-20)13-3-4-13/h1-2,5-7,9-10,12-13,15,18H,3-4,8,11H2,(H,28,38)(H2,29,30,31,32,33)/t15-,18-/m0/s1. The van der Waals surface area contributed by atoms with Crippen molar-refractivity contribution in [1.29, 1.82) is 0 Å². The number of anilines is 4. The van der Waals surface area contributed by atoms with Gasteiger partial charge in [-0.05, 0) is 42.3 Å². The van der Waals surface area contributed by atoms with E-state index in [0.29, 0.717) is 42.2 Å². The summed E-state index contributed by atoms with van der Waals surface area (Å²) < 4.78 is 15.0. The first kappa shape index (κ1) is 22.3.